The van der Waals surface area contributed by atoms with Crippen LogP contribution in [-0.4, -0.2) is 24.0 Å². The molecule has 0 saturated carbocycles. The fourth-order valence-corrected chi connectivity index (χ4v) is 2.54. The summed E-state index contributed by atoms with van der Waals surface area (Å²) < 4.78 is 5.59. The predicted molar refractivity (Wildman–Crippen MR) is 98.3 cm³/mol. The Bertz CT molecular complexity index is 629. The third kappa shape index (κ3) is 5.11. The van der Waals surface area contributed by atoms with Gasteiger partial charge in [0.15, 0.2) is 5.96 Å². The lowest BCUT2D eigenvalue weighted by molar-refractivity contribution is 0.472. The summed E-state index contributed by atoms with van der Waals surface area (Å²) in [6, 6.07) is 10.6. The molecule has 0 spiro atoms. The largest absolute Gasteiger partial charge is 0.444 e. The van der Waals surface area contributed by atoms with E-state index in [9.17, 15) is 0 Å². The highest BCUT2D eigenvalue weighted by molar-refractivity contribution is 5.79. The fraction of sp³-hybridized carbons (Fsp3) is 0.474. The standard InChI is InChI=1S/C19H28N4O/c1-5-16(17-10-8-7-9-11-17)12-21-19(20-6-2)22-13-18-23-14(3)15(4)24-18/h7-11,16H,5-6,12-13H2,1-4H3,(H2,20,21,22). The van der Waals surface area contributed by atoms with Gasteiger partial charge < -0.3 is 15.1 Å². The zero-order valence-corrected chi connectivity index (χ0v) is 15.1. The third-order valence-electron chi connectivity index (χ3n) is 4.07. The maximum atomic E-state index is 5.59. The average Bonchev–Trinajstić information content (AvgIpc) is 2.92. The summed E-state index contributed by atoms with van der Waals surface area (Å²) in [6.07, 6.45) is 1.08. The molecule has 5 nitrogen and oxygen atoms in total. The molecule has 0 aliphatic heterocycles. The highest BCUT2D eigenvalue weighted by atomic mass is 16.4. The van der Waals surface area contributed by atoms with E-state index in [4.69, 9.17) is 4.42 Å². The van der Waals surface area contributed by atoms with Gasteiger partial charge in [-0.3, -0.25) is 0 Å². The number of guanidine groups is 1. The minimum Gasteiger partial charge on any atom is -0.444 e. The molecule has 130 valence electrons. The first-order valence-corrected chi connectivity index (χ1v) is 8.64. The Balaban J connectivity index is 1.98. The normalized spacial score (nSPS) is 12.9. The molecular weight excluding hydrogens is 300 g/mol. The average molecular weight is 328 g/mol. The number of oxazole rings is 1. The molecule has 1 atom stereocenters. The van der Waals surface area contributed by atoms with Crippen LogP contribution in [-0.2, 0) is 6.54 Å². The minimum absolute atomic E-state index is 0.437. The monoisotopic (exact) mass is 328 g/mol. The Hall–Kier alpha value is -2.30. The van der Waals surface area contributed by atoms with Crippen LogP contribution >= 0.6 is 0 Å². The van der Waals surface area contributed by atoms with Gasteiger partial charge in [-0.1, -0.05) is 37.3 Å². The highest BCUT2D eigenvalue weighted by Gasteiger charge is 2.10. The summed E-state index contributed by atoms with van der Waals surface area (Å²) in [5.41, 5.74) is 2.27. The summed E-state index contributed by atoms with van der Waals surface area (Å²) in [7, 11) is 0. The van der Waals surface area contributed by atoms with Crippen LogP contribution in [0.2, 0.25) is 0 Å². The van der Waals surface area contributed by atoms with Gasteiger partial charge in [0.2, 0.25) is 5.89 Å². The van der Waals surface area contributed by atoms with Crippen molar-refractivity contribution in [2.24, 2.45) is 4.99 Å². The SMILES string of the molecule is CCNC(=NCc1nc(C)c(C)o1)NCC(CC)c1ccccc1. The lowest BCUT2D eigenvalue weighted by Crippen LogP contribution is -2.39. The van der Waals surface area contributed by atoms with E-state index < -0.39 is 0 Å². The van der Waals surface area contributed by atoms with E-state index in [1.165, 1.54) is 5.56 Å². The smallest absolute Gasteiger partial charge is 0.216 e. The van der Waals surface area contributed by atoms with Crippen LogP contribution in [0.1, 0.15) is 49.1 Å². The number of nitrogens with one attached hydrogen (secondary N) is 2. The first-order valence-electron chi connectivity index (χ1n) is 8.64. The second kappa shape index (κ2) is 9.11. The third-order valence-corrected chi connectivity index (χ3v) is 4.07. The Morgan fingerprint density at radius 2 is 1.92 bits per heavy atom. The molecule has 1 heterocycles. The van der Waals surface area contributed by atoms with Gasteiger partial charge in [0.25, 0.3) is 0 Å². The van der Waals surface area contributed by atoms with Crippen molar-refractivity contribution in [2.75, 3.05) is 13.1 Å². The van der Waals surface area contributed by atoms with Gasteiger partial charge in [-0.05, 0) is 32.8 Å². The Labute approximate surface area is 144 Å². The quantitative estimate of drug-likeness (QED) is 0.603. The van der Waals surface area contributed by atoms with Crippen LogP contribution in [0.15, 0.2) is 39.7 Å². The van der Waals surface area contributed by atoms with Crippen LogP contribution in [0.3, 0.4) is 0 Å². The van der Waals surface area contributed by atoms with E-state index in [0.29, 0.717) is 18.4 Å². The lowest BCUT2D eigenvalue weighted by Gasteiger charge is -2.18. The maximum Gasteiger partial charge on any atom is 0.216 e. The molecule has 0 aliphatic rings. The Morgan fingerprint density at radius 1 is 1.17 bits per heavy atom. The molecular formula is C19H28N4O. The van der Waals surface area contributed by atoms with Crippen molar-refractivity contribution in [3.63, 3.8) is 0 Å². The lowest BCUT2D eigenvalue weighted by atomic mass is 9.97. The van der Waals surface area contributed by atoms with E-state index >= 15 is 0 Å². The molecule has 24 heavy (non-hydrogen) atoms. The molecule has 1 aromatic carbocycles. The molecule has 0 bridgehead atoms. The second-order valence-electron chi connectivity index (χ2n) is 5.84. The van der Waals surface area contributed by atoms with Crippen LogP contribution in [0.4, 0.5) is 0 Å². The van der Waals surface area contributed by atoms with Crippen molar-refractivity contribution in [1.82, 2.24) is 15.6 Å². The molecule has 1 aromatic heterocycles. The van der Waals surface area contributed by atoms with Gasteiger partial charge in [-0.25, -0.2) is 9.98 Å². The van der Waals surface area contributed by atoms with Crippen molar-refractivity contribution < 1.29 is 4.42 Å². The van der Waals surface area contributed by atoms with Crippen molar-refractivity contribution in [3.05, 3.63) is 53.2 Å². The fourth-order valence-electron chi connectivity index (χ4n) is 2.54. The van der Waals surface area contributed by atoms with E-state index in [0.717, 1.165) is 36.9 Å². The van der Waals surface area contributed by atoms with Crippen LogP contribution in [0.5, 0.6) is 0 Å². The minimum atomic E-state index is 0.437. The van der Waals surface area contributed by atoms with E-state index in [-0.39, 0.29) is 0 Å². The van der Waals surface area contributed by atoms with Gasteiger partial charge in [0.1, 0.15) is 12.3 Å². The maximum absolute atomic E-state index is 5.59. The van der Waals surface area contributed by atoms with Crippen molar-refractivity contribution in [3.8, 4) is 0 Å². The molecule has 0 amide bonds. The molecule has 0 fully saturated rings. The van der Waals surface area contributed by atoms with Crippen molar-refractivity contribution >= 4 is 5.96 Å². The second-order valence-corrected chi connectivity index (χ2v) is 5.84. The van der Waals surface area contributed by atoms with Crippen LogP contribution in [0.25, 0.3) is 0 Å². The van der Waals surface area contributed by atoms with E-state index in [2.05, 4.69) is 64.8 Å². The first kappa shape index (κ1) is 18.0. The summed E-state index contributed by atoms with van der Waals surface area (Å²) in [4.78, 5) is 8.95. The molecule has 1 unspecified atom stereocenters. The van der Waals surface area contributed by atoms with Crippen molar-refractivity contribution in [1.29, 1.82) is 0 Å². The van der Waals surface area contributed by atoms with E-state index in [1.54, 1.807) is 0 Å². The molecule has 0 radical (unpaired) electrons. The van der Waals surface area contributed by atoms with Gasteiger partial charge in [0, 0.05) is 19.0 Å². The van der Waals surface area contributed by atoms with Gasteiger partial charge >= 0.3 is 0 Å². The molecule has 2 rings (SSSR count). The molecule has 2 N–H and O–H groups in total. The molecule has 2 aromatic rings. The van der Waals surface area contributed by atoms with Crippen LogP contribution < -0.4 is 10.6 Å². The number of aromatic nitrogens is 1. The number of aliphatic imine (C=N–C) groups is 1. The number of benzene rings is 1. The zero-order chi connectivity index (χ0) is 17.4. The molecule has 0 saturated heterocycles. The first-order chi connectivity index (χ1) is 11.6. The highest BCUT2D eigenvalue weighted by Crippen LogP contribution is 2.17. The molecule has 5 heteroatoms. The summed E-state index contributed by atoms with van der Waals surface area (Å²) >= 11 is 0. The number of hydrogen-bond donors (Lipinski definition) is 2. The Kier molecular flexibility index (Phi) is 6.85. The number of rotatable bonds is 7. The summed E-state index contributed by atoms with van der Waals surface area (Å²) in [5.74, 6) is 2.76. The summed E-state index contributed by atoms with van der Waals surface area (Å²) in [5, 5.41) is 6.71. The Morgan fingerprint density at radius 3 is 2.50 bits per heavy atom. The number of hydrogen-bond acceptors (Lipinski definition) is 3. The van der Waals surface area contributed by atoms with Gasteiger partial charge in [-0.2, -0.15) is 0 Å². The topological polar surface area (TPSA) is 62.5 Å². The molecule has 0 aliphatic carbocycles. The predicted octanol–water partition coefficient (Wildman–Crippen LogP) is 3.54. The van der Waals surface area contributed by atoms with Gasteiger partial charge in [-0.15, -0.1) is 0 Å². The number of nitrogens with zero attached hydrogens (tertiary/aromatic N) is 2. The van der Waals surface area contributed by atoms with E-state index in [1.807, 2.05) is 13.8 Å². The zero-order valence-electron chi connectivity index (χ0n) is 15.1. The van der Waals surface area contributed by atoms with Gasteiger partial charge in [0.05, 0.1) is 5.69 Å². The van der Waals surface area contributed by atoms with Crippen molar-refractivity contribution in [2.45, 2.75) is 46.6 Å². The van der Waals surface area contributed by atoms with Crippen LogP contribution in [0, 0.1) is 13.8 Å². The summed E-state index contributed by atoms with van der Waals surface area (Å²) in [6.45, 7) is 10.2. The number of aryl methyl sites for hydroxylation is 2.